The molecule has 5 nitrogen and oxygen atoms in total. The Balaban J connectivity index is 1.71. The molecule has 2 aromatic rings. The fraction of sp³-hybridized carbons (Fsp3) is 0.417. The summed E-state index contributed by atoms with van der Waals surface area (Å²) in [5.74, 6) is 0.907. The molecule has 0 bridgehead atoms. The summed E-state index contributed by atoms with van der Waals surface area (Å²) in [4.78, 5) is 18.9. The van der Waals surface area contributed by atoms with Crippen LogP contribution in [-0.2, 0) is 0 Å². The molecule has 152 valence electrons. The van der Waals surface area contributed by atoms with Crippen LogP contribution in [0.4, 0.5) is 0 Å². The summed E-state index contributed by atoms with van der Waals surface area (Å²) in [6, 6.07) is 12.1. The molecule has 1 saturated heterocycles. The minimum atomic E-state index is -0.289. The molecule has 1 aromatic carbocycles. The van der Waals surface area contributed by atoms with E-state index >= 15 is 0 Å². The van der Waals surface area contributed by atoms with Gasteiger partial charge in [-0.15, -0.1) is 0 Å². The van der Waals surface area contributed by atoms with Crippen molar-refractivity contribution in [2.75, 3.05) is 26.2 Å². The highest BCUT2D eigenvalue weighted by molar-refractivity contribution is 5.93. The molecule has 1 spiro atoms. The Morgan fingerprint density at radius 1 is 1.14 bits per heavy atom. The van der Waals surface area contributed by atoms with Gasteiger partial charge in [0.05, 0.1) is 0 Å². The van der Waals surface area contributed by atoms with Crippen molar-refractivity contribution in [1.29, 1.82) is 0 Å². The van der Waals surface area contributed by atoms with Gasteiger partial charge in [0.15, 0.2) is 0 Å². The standard InChI is InChI=1S/C24H29N3O2/c1-3-27(4-2)23(28)21-11-10-18(17-26-21)20-16-24(12-7-14-25-15-13-24)29-22-9-6-5-8-19(20)22/h5-6,8-11,16-17,25H,3-4,7,12-15H2,1-2H3. The summed E-state index contributed by atoms with van der Waals surface area (Å²) in [6.07, 6.45) is 7.13. The van der Waals surface area contributed by atoms with Crippen LogP contribution >= 0.6 is 0 Å². The highest BCUT2D eigenvalue weighted by atomic mass is 16.5. The zero-order valence-electron chi connectivity index (χ0n) is 17.3. The third-order valence-corrected chi connectivity index (χ3v) is 5.92. The van der Waals surface area contributed by atoms with Crippen LogP contribution in [0, 0.1) is 0 Å². The lowest BCUT2D eigenvalue weighted by atomic mass is 9.85. The van der Waals surface area contributed by atoms with Crippen molar-refractivity contribution in [2.24, 2.45) is 0 Å². The number of hydrogen-bond acceptors (Lipinski definition) is 4. The molecule has 1 N–H and O–H groups in total. The first-order valence-electron chi connectivity index (χ1n) is 10.6. The van der Waals surface area contributed by atoms with E-state index in [9.17, 15) is 4.79 Å². The van der Waals surface area contributed by atoms with Crippen LogP contribution in [0.25, 0.3) is 5.57 Å². The van der Waals surface area contributed by atoms with Crippen molar-refractivity contribution >= 4 is 11.5 Å². The SMILES string of the molecule is CCN(CC)C(=O)c1ccc(C2=CC3(CCCNCC3)Oc3ccccc32)cn1. The monoisotopic (exact) mass is 391 g/mol. The van der Waals surface area contributed by atoms with E-state index < -0.39 is 0 Å². The van der Waals surface area contributed by atoms with Gasteiger partial charge in [-0.05, 0) is 63.6 Å². The van der Waals surface area contributed by atoms with E-state index in [4.69, 9.17) is 4.74 Å². The third-order valence-electron chi connectivity index (χ3n) is 5.92. The number of aromatic nitrogens is 1. The molecule has 0 radical (unpaired) electrons. The van der Waals surface area contributed by atoms with Gasteiger partial charge in [-0.3, -0.25) is 9.78 Å². The molecule has 4 rings (SSSR count). The fourth-order valence-electron chi connectivity index (χ4n) is 4.27. The number of nitrogens with one attached hydrogen (secondary N) is 1. The Labute approximate surface area is 172 Å². The van der Waals surface area contributed by atoms with Crippen molar-refractivity contribution in [2.45, 2.75) is 38.7 Å². The maximum absolute atomic E-state index is 12.6. The first-order chi connectivity index (χ1) is 14.2. The Morgan fingerprint density at radius 3 is 2.72 bits per heavy atom. The second kappa shape index (κ2) is 8.37. The quantitative estimate of drug-likeness (QED) is 0.859. The van der Waals surface area contributed by atoms with E-state index in [0.717, 1.165) is 54.8 Å². The number of para-hydroxylation sites is 1. The number of fused-ring (bicyclic) bond motifs is 1. The van der Waals surface area contributed by atoms with Crippen molar-refractivity contribution in [3.05, 3.63) is 65.5 Å². The van der Waals surface area contributed by atoms with Crippen LogP contribution in [0.15, 0.2) is 48.7 Å². The molecular weight excluding hydrogens is 362 g/mol. The molecule has 0 aliphatic carbocycles. The molecule has 5 heteroatoms. The number of amides is 1. The topological polar surface area (TPSA) is 54.5 Å². The number of hydrogen-bond donors (Lipinski definition) is 1. The smallest absolute Gasteiger partial charge is 0.272 e. The predicted molar refractivity (Wildman–Crippen MR) is 115 cm³/mol. The molecule has 29 heavy (non-hydrogen) atoms. The maximum Gasteiger partial charge on any atom is 0.272 e. The molecular formula is C24H29N3O2. The highest BCUT2D eigenvalue weighted by Gasteiger charge is 2.36. The average molecular weight is 392 g/mol. The van der Waals surface area contributed by atoms with E-state index in [1.165, 1.54) is 0 Å². The first kappa shape index (κ1) is 19.6. The number of pyridine rings is 1. The van der Waals surface area contributed by atoms with Gasteiger partial charge in [0.2, 0.25) is 0 Å². The molecule has 2 aliphatic rings. The lowest BCUT2D eigenvalue weighted by molar-refractivity contribution is 0.0767. The van der Waals surface area contributed by atoms with Gasteiger partial charge in [0, 0.05) is 36.8 Å². The average Bonchev–Trinajstić information content (AvgIpc) is 2.99. The normalized spacial score (nSPS) is 21.0. The largest absolute Gasteiger partial charge is 0.482 e. The summed E-state index contributed by atoms with van der Waals surface area (Å²) in [5, 5.41) is 3.48. The lowest BCUT2D eigenvalue weighted by Gasteiger charge is -2.36. The molecule has 1 unspecified atom stereocenters. The van der Waals surface area contributed by atoms with Crippen LogP contribution in [0.5, 0.6) is 5.75 Å². The Bertz CT molecular complexity index is 893. The van der Waals surface area contributed by atoms with Crippen molar-refractivity contribution in [3.63, 3.8) is 0 Å². The molecule has 1 atom stereocenters. The van der Waals surface area contributed by atoms with Crippen molar-refractivity contribution < 1.29 is 9.53 Å². The molecule has 1 aromatic heterocycles. The number of ether oxygens (including phenoxy) is 1. The van der Waals surface area contributed by atoms with Crippen LogP contribution in [0.2, 0.25) is 0 Å². The Kier molecular flexibility index (Phi) is 5.67. The molecule has 0 saturated carbocycles. The number of benzene rings is 1. The summed E-state index contributed by atoms with van der Waals surface area (Å²) in [7, 11) is 0. The minimum absolute atomic E-state index is 0.0192. The maximum atomic E-state index is 12.6. The fourth-order valence-corrected chi connectivity index (χ4v) is 4.27. The summed E-state index contributed by atoms with van der Waals surface area (Å²) >= 11 is 0. The van der Waals surface area contributed by atoms with Gasteiger partial charge in [0.1, 0.15) is 17.0 Å². The van der Waals surface area contributed by atoms with Gasteiger partial charge < -0.3 is 15.0 Å². The third kappa shape index (κ3) is 3.92. The summed E-state index contributed by atoms with van der Waals surface area (Å²) in [5.41, 5.74) is 3.45. The van der Waals surface area contributed by atoms with Gasteiger partial charge >= 0.3 is 0 Å². The van der Waals surface area contributed by atoms with Crippen LogP contribution in [0.3, 0.4) is 0 Å². The zero-order valence-corrected chi connectivity index (χ0v) is 17.3. The van der Waals surface area contributed by atoms with Crippen LogP contribution < -0.4 is 10.1 Å². The van der Waals surface area contributed by atoms with Gasteiger partial charge in [0.25, 0.3) is 5.91 Å². The van der Waals surface area contributed by atoms with E-state index in [1.54, 1.807) is 4.90 Å². The van der Waals surface area contributed by atoms with Crippen molar-refractivity contribution in [3.8, 4) is 5.75 Å². The number of nitrogens with zero attached hydrogens (tertiary/aromatic N) is 2. The van der Waals surface area contributed by atoms with E-state index in [-0.39, 0.29) is 11.5 Å². The van der Waals surface area contributed by atoms with E-state index in [2.05, 4.69) is 22.4 Å². The Hall–Kier alpha value is -2.66. The van der Waals surface area contributed by atoms with Crippen LogP contribution in [-0.4, -0.2) is 47.6 Å². The van der Waals surface area contributed by atoms with Gasteiger partial charge in [-0.1, -0.05) is 24.3 Å². The molecule has 2 aliphatic heterocycles. The summed E-state index contributed by atoms with van der Waals surface area (Å²) in [6.45, 7) is 7.32. The second-order valence-corrected chi connectivity index (χ2v) is 7.73. The van der Waals surface area contributed by atoms with Crippen molar-refractivity contribution in [1.82, 2.24) is 15.2 Å². The predicted octanol–water partition coefficient (Wildman–Crippen LogP) is 3.90. The van der Waals surface area contributed by atoms with Crippen LogP contribution in [0.1, 0.15) is 54.7 Å². The molecule has 1 fully saturated rings. The molecule has 1 amide bonds. The minimum Gasteiger partial charge on any atom is -0.482 e. The number of rotatable bonds is 4. The van der Waals surface area contributed by atoms with Gasteiger partial charge in [-0.25, -0.2) is 0 Å². The number of carbonyl (C=O) groups is 1. The lowest BCUT2D eigenvalue weighted by Crippen LogP contribution is -2.37. The summed E-state index contributed by atoms with van der Waals surface area (Å²) < 4.78 is 6.52. The number of carbonyl (C=O) groups excluding carboxylic acids is 1. The van der Waals surface area contributed by atoms with E-state index in [0.29, 0.717) is 18.8 Å². The second-order valence-electron chi connectivity index (χ2n) is 7.73. The highest BCUT2D eigenvalue weighted by Crippen LogP contribution is 2.42. The van der Waals surface area contributed by atoms with Gasteiger partial charge in [-0.2, -0.15) is 0 Å². The zero-order chi connectivity index (χ0) is 20.3. The van der Waals surface area contributed by atoms with E-state index in [1.807, 2.05) is 50.4 Å². The Morgan fingerprint density at radius 2 is 1.97 bits per heavy atom. The first-order valence-corrected chi connectivity index (χ1v) is 10.6. The molecule has 3 heterocycles.